The van der Waals surface area contributed by atoms with E-state index >= 15 is 0 Å². The molecule has 3 heterocycles. The Hall–Kier alpha value is -2.99. The molecule has 2 aromatic carbocycles. The van der Waals surface area contributed by atoms with Crippen molar-refractivity contribution in [2.75, 3.05) is 13.1 Å². The van der Waals surface area contributed by atoms with Gasteiger partial charge >= 0.3 is 0 Å². The second kappa shape index (κ2) is 7.36. The molecule has 1 N–H and O–H groups in total. The molecule has 30 heavy (non-hydrogen) atoms. The van der Waals surface area contributed by atoms with E-state index < -0.39 is 6.04 Å². The predicted molar refractivity (Wildman–Crippen MR) is 112 cm³/mol. The van der Waals surface area contributed by atoms with Crippen molar-refractivity contribution in [1.29, 1.82) is 0 Å². The van der Waals surface area contributed by atoms with Crippen molar-refractivity contribution in [3.05, 3.63) is 71.2 Å². The van der Waals surface area contributed by atoms with Crippen LogP contribution in [0, 0.1) is 5.82 Å². The number of hydrogen-bond acceptors (Lipinski definition) is 3. The molecule has 154 valence electrons. The molecule has 1 fully saturated rings. The Bertz CT molecular complexity index is 1120. The molecule has 2 atom stereocenters. The molecular weight excluding hydrogens is 381 g/mol. The third kappa shape index (κ3) is 3.12. The van der Waals surface area contributed by atoms with Crippen LogP contribution in [-0.2, 0) is 22.4 Å². The molecule has 6 heteroatoms. The van der Waals surface area contributed by atoms with Crippen LogP contribution in [0.5, 0.6) is 0 Å². The number of aromatic amines is 1. The van der Waals surface area contributed by atoms with Crippen molar-refractivity contribution in [3.8, 4) is 0 Å². The van der Waals surface area contributed by atoms with Crippen LogP contribution in [0.1, 0.15) is 36.2 Å². The highest BCUT2D eigenvalue weighted by molar-refractivity contribution is 6.05. The summed E-state index contributed by atoms with van der Waals surface area (Å²) in [6.45, 7) is 3.14. The number of benzene rings is 2. The highest BCUT2D eigenvalue weighted by atomic mass is 19.1. The average Bonchev–Trinajstić information content (AvgIpc) is 3.25. The SMILES string of the molecule is CC1c2[nH]c3ccc(F)cc3c2CCN1C1CC(=O)N(CCc2ccccc2)C1=O. The number of aromatic nitrogens is 1. The van der Waals surface area contributed by atoms with Crippen molar-refractivity contribution in [2.45, 2.75) is 38.3 Å². The first-order chi connectivity index (χ1) is 14.5. The predicted octanol–water partition coefficient (Wildman–Crippen LogP) is 3.60. The van der Waals surface area contributed by atoms with Gasteiger partial charge in [0.2, 0.25) is 11.8 Å². The fourth-order valence-electron chi connectivity index (χ4n) is 4.94. The summed E-state index contributed by atoms with van der Waals surface area (Å²) >= 11 is 0. The van der Waals surface area contributed by atoms with Gasteiger partial charge in [0.1, 0.15) is 5.82 Å². The number of nitrogens with one attached hydrogen (secondary N) is 1. The van der Waals surface area contributed by atoms with Crippen molar-refractivity contribution in [1.82, 2.24) is 14.8 Å². The lowest BCUT2D eigenvalue weighted by atomic mass is 9.96. The fourth-order valence-corrected chi connectivity index (χ4v) is 4.94. The fraction of sp³-hybridized carbons (Fsp3) is 0.333. The van der Waals surface area contributed by atoms with Gasteiger partial charge in [-0.3, -0.25) is 19.4 Å². The van der Waals surface area contributed by atoms with Crippen molar-refractivity contribution >= 4 is 22.7 Å². The van der Waals surface area contributed by atoms with Crippen LogP contribution in [-0.4, -0.2) is 45.7 Å². The summed E-state index contributed by atoms with van der Waals surface area (Å²) in [7, 11) is 0. The molecular formula is C24H24FN3O2. The van der Waals surface area contributed by atoms with E-state index in [4.69, 9.17) is 0 Å². The zero-order chi connectivity index (χ0) is 20.8. The minimum atomic E-state index is -0.431. The van der Waals surface area contributed by atoms with Gasteiger partial charge in [-0.25, -0.2) is 4.39 Å². The molecule has 1 aromatic heterocycles. The van der Waals surface area contributed by atoms with E-state index in [0.717, 1.165) is 34.1 Å². The van der Waals surface area contributed by atoms with E-state index in [1.165, 1.54) is 11.0 Å². The number of H-pyrrole nitrogens is 1. The van der Waals surface area contributed by atoms with Gasteiger partial charge in [-0.2, -0.15) is 0 Å². The Kier molecular flexibility index (Phi) is 4.66. The maximum absolute atomic E-state index is 13.7. The third-order valence-corrected chi connectivity index (χ3v) is 6.52. The van der Waals surface area contributed by atoms with Gasteiger partial charge in [-0.15, -0.1) is 0 Å². The van der Waals surface area contributed by atoms with Crippen molar-refractivity contribution in [2.24, 2.45) is 0 Å². The van der Waals surface area contributed by atoms with Gasteiger partial charge in [0.15, 0.2) is 0 Å². The molecule has 5 rings (SSSR count). The monoisotopic (exact) mass is 405 g/mol. The van der Waals surface area contributed by atoms with Gasteiger partial charge in [0, 0.05) is 35.7 Å². The number of halogens is 1. The molecule has 2 aliphatic heterocycles. The van der Waals surface area contributed by atoms with Gasteiger partial charge in [-0.1, -0.05) is 30.3 Å². The standard InChI is InChI=1S/C24H24FN3O2/c1-15-23-18(19-13-17(25)7-8-20(19)26-23)10-12-27(15)21-14-22(29)28(24(21)30)11-9-16-5-3-2-4-6-16/h2-8,13,15,21,26H,9-12,14H2,1H3. The first kappa shape index (κ1) is 19.0. The van der Waals surface area contributed by atoms with Crippen LogP contribution >= 0.6 is 0 Å². The average molecular weight is 405 g/mol. The quantitative estimate of drug-likeness (QED) is 0.675. The number of carbonyl (C=O) groups excluding carboxylic acids is 2. The molecule has 0 radical (unpaired) electrons. The lowest BCUT2D eigenvalue weighted by Crippen LogP contribution is -2.46. The molecule has 3 aromatic rings. The summed E-state index contributed by atoms with van der Waals surface area (Å²) in [5.41, 5.74) is 4.16. The number of likely N-dealkylation sites (tertiary alicyclic amines) is 1. The second-order valence-electron chi connectivity index (χ2n) is 8.21. The Labute approximate surface area is 174 Å². The van der Waals surface area contributed by atoms with Crippen LogP contribution in [0.25, 0.3) is 10.9 Å². The normalized spacial score (nSPS) is 22.1. The van der Waals surface area contributed by atoms with Crippen LogP contribution in [0.3, 0.4) is 0 Å². The van der Waals surface area contributed by atoms with Gasteiger partial charge in [-0.05, 0) is 49.1 Å². The largest absolute Gasteiger partial charge is 0.357 e. The lowest BCUT2D eigenvalue weighted by Gasteiger charge is -2.36. The molecule has 0 saturated carbocycles. The van der Waals surface area contributed by atoms with E-state index in [1.807, 2.05) is 37.3 Å². The van der Waals surface area contributed by atoms with Gasteiger partial charge in [0.25, 0.3) is 0 Å². The van der Waals surface area contributed by atoms with Crippen LogP contribution in [0.2, 0.25) is 0 Å². The lowest BCUT2D eigenvalue weighted by molar-refractivity contribution is -0.140. The third-order valence-electron chi connectivity index (χ3n) is 6.52. The Morgan fingerprint density at radius 1 is 1.13 bits per heavy atom. The zero-order valence-corrected chi connectivity index (χ0v) is 16.9. The summed E-state index contributed by atoms with van der Waals surface area (Å²) in [6, 6.07) is 14.2. The minimum Gasteiger partial charge on any atom is -0.357 e. The number of rotatable bonds is 4. The molecule has 2 amide bonds. The van der Waals surface area contributed by atoms with E-state index in [0.29, 0.717) is 19.5 Å². The van der Waals surface area contributed by atoms with E-state index in [-0.39, 0.29) is 30.1 Å². The first-order valence-corrected chi connectivity index (χ1v) is 10.5. The highest BCUT2D eigenvalue weighted by Crippen LogP contribution is 2.37. The van der Waals surface area contributed by atoms with E-state index in [9.17, 15) is 14.0 Å². The smallest absolute Gasteiger partial charge is 0.247 e. The number of nitrogens with zero attached hydrogens (tertiary/aromatic N) is 2. The molecule has 1 saturated heterocycles. The molecule has 0 bridgehead atoms. The minimum absolute atomic E-state index is 0.0416. The Balaban J connectivity index is 1.35. The van der Waals surface area contributed by atoms with Crippen LogP contribution < -0.4 is 0 Å². The van der Waals surface area contributed by atoms with E-state index in [2.05, 4.69) is 9.88 Å². The van der Waals surface area contributed by atoms with Crippen molar-refractivity contribution in [3.63, 3.8) is 0 Å². The zero-order valence-electron chi connectivity index (χ0n) is 16.9. The van der Waals surface area contributed by atoms with E-state index in [1.54, 1.807) is 12.1 Å². The number of carbonyl (C=O) groups is 2. The molecule has 5 nitrogen and oxygen atoms in total. The second-order valence-corrected chi connectivity index (χ2v) is 8.21. The van der Waals surface area contributed by atoms with Crippen molar-refractivity contribution < 1.29 is 14.0 Å². The van der Waals surface area contributed by atoms with Gasteiger partial charge < -0.3 is 4.98 Å². The summed E-state index contributed by atoms with van der Waals surface area (Å²) in [6.07, 6.45) is 1.62. The first-order valence-electron chi connectivity index (χ1n) is 10.5. The topological polar surface area (TPSA) is 56.4 Å². The number of imide groups is 1. The number of hydrogen-bond donors (Lipinski definition) is 1. The molecule has 2 aliphatic rings. The number of fused-ring (bicyclic) bond motifs is 3. The number of amides is 2. The summed E-state index contributed by atoms with van der Waals surface area (Å²) in [4.78, 5) is 32.7. The maximum Gasteiger partial charge on any atom is 0.247 e. The summed E-state index contributed by atoms with van der Waals surface area (Å²) < 4.78 is 13.7. The summed E-state index contributed by atoms with van der Waals surface area (Å²) in [5, 5.41) is 0.912. The maximum atomic E-state index is 13.7. The summed E-state index contributed by atoms with van der Waals surface area (Å²) in [5.74, 6) is -0.448. The highest BCUT2D eigenvalue weighted by Gasteiger charge is 2.44. The molecule has 0 aliphatic carbocycles. The Morgan fingerprint density at radius 3 is 2.73 bits per heavy atom. The molecule has 0 spiro atoms. The Morgan fingerprint density at radius 2 is 1.93 bits per heavy atom. The van der Waals surface area contributed by atoms with Gasteiger partial charge in [0.05, 0.1) is 12.5 Å². The van der Waals surface area contributed by atoms with Crippen LogP contribution in [0.15, 0.2) is 48.5 Å². The van der Waals surface area contributed by atoms with Crippen LogP contribution in [0.4, 0.5) is 4.39 Å². The molecule has 2 unspecified atom stereocenters.